The molecule has 2 aliphatic heterocycles. The van der Waals surface area contributed by atoms with Crippen LogP contribution in [0.1, 0.15) is 35.4 Å². The molecule has 0 radical (unpaired) electrons. The average Bonchev–Trinajstić information content (AvgIpc) is 3.50. The van der Waals surface area contributed by atoms with Gasteiger partial charge in [0.1, 0.15) is 23.0 Å². The minimum atomic E-state index is -4.69. The zero-order chi connectivity index (χ0) is 27.4. The Morgan fingerprint density at radius 3 is 2.28 bits per heavy atom. The molecule has 2 fully saturated rings. The van der Waals surface area contributed by atoms with Crippen molar-refractivity contribution in [2.24, 2.45) is 0 Å². The Morgan fingerprint density at radius 2 is 1.67 bits per heavy atom. The monoisotopic (exact) mass is 547 g/mol. The summed E-state index contributed by atoms with van der Waals surface area (Å²) >= 11 is 0. The van der Waals surface area contributed by atoms with E-state index in [0.29, 0.717) is 43.9 Å². The van der Waals surface area contributed by atoms with Gasteiger partial charge in [-0.25, -0.2) is 13.2 Å². The van der Waals surface area contributed by atoms with Gasteiger partial charge in [0.2, 0.25) is 5.91 Å². The van der Waals surface area contributed by atoms with Gasteiger partial charge in [0, 0.05) is 41.6 Å². The average molecular weight is 547 g/mol. The molecule has 0 bridgehead atoms. The molecular formula is C28H23F6N3O2. The highest BCUT2D eigenvalue weighted by atomic mass is 19.4. The van der Waals surface area contributed by atoms with Crippen LogP contribution in [-0.2, 0) is 22.2 Å². The Labute approximate surface area is 219 Å². The number of fused-ring (bicyclic) bond motifs is 1. The van der Waals surface area contributed by atoms with Gasteiger partial charge in [0.05, 0.1) is 31.0 Å². The smallest absolute Gasteiger partial charge is 0.335 e. The fourth-order valence-corrected chi connectivity index (χ4v) is 5.40. The normalized spacial score (nSPS) is 19.3. The Bertz CT molecular complexity index is 1490. The Morgan fingerprint density at radius 1 is 0.974 bits per heavy atom. The lowest BCUT2D eigenvalue weighted by molar-refractivity contribution is -0.196. The summed E-state index contributed by atoms with van der Waals surface area (Å²) < 4.78 is 96.4. The number of hydrogen-bond acceptors (Lipinski definition) is 4. The quantitative estimate of drug-likeness (QED) is 0.303. The van der Waals surface area contributed by atoms with E-state index in [4.69, 9.17) is 9.47 Å². The molecule has 5 nitrogen and oxygen atoms in total. The van der Waals surface area contributed by atoms with E-state index in [1.165, 1.54) is 12.1 Å². The minimum absolute atomic E-state index is 0.165. The molecule has 0 saturated carbocycles. The van der Waals surface area contributed by atoms with Crippen LogP contribution < -0.4 is 5.32 Å². The molecule has 3 heterocycles. The Kier molecular flexibility index (Phi) is 6.40. The first-order valence-electron chi connectivity index (χ1n) is 12.5. The molecule has 1 aromatic heterocycles. The van der Waals surface area contributed by atoms with E-state index < -0.39 is 47.2 Å². The first kappa shape index (κ1) is 25.8. The first-order chi connectivity index (χ1) is 18.6. The Hall–Kier alpha value is -3.41. The predicted molar refractivity (Wildman–Crippen MR) is 130 cm³/mol. The third kappa shape index (κ3) is 4.79. The second-order valence-electron chi connectivity index (χ2n) is 9.74. The number of rotatable bonds is 4. The number of nitrogens with one attached hydrogen (secondary N) is 1. The lowest BCUT2D eigenvalue weighted by Gasteiger charge is -2.36. The van der Waals surface area contributed by atoms with Gasteiger partial charge >= 0.3 is 6.18 Å². The van der Waals surface area contributed by atoms with E-state index >= 15 is 0 Å². The number of aromatic nitrogens is 2. The molecule has 11 heteroatoms. The predicted octanol–water partition coefficient (Wildman–Crippen LogP) is 6.36. The van der Waals surface area contributed by atoms with Crippen molar-refractivity contribution in [3.63, 3.8) is 0 Å². The topological polar surface area (TPSA) is 48.3 Å². The van der Waals surface area contributed by atoms with E-state index in [0.717, 1.165) is 22.7 Å². The third-order valence-electron chi connectivity index (χ3n) is 7.34. The molecule has 3 aromatic carbocycles. The summed E-state index contributed by atoms with van der Waals surface area (Å²) in [4.78, 5) is 0. The molecule has 0 amide bonds. The van der Waals surface area contributed by atoms with Crippen LogP contribution in [0, 0.1) is 17.5 Å². The second-order valence-corrected chi connectivity index (χ2v) is 9.74. The van der Waals surface area contributed by atoms with Gasteiger partial charge in [-0.1, -0.05) is 36.4 Å². The van der Waals surface area contributed by atoms with Crippen molar-refractivity contribution in [1.29, 1.82) is 0 Å². The number of nitrogens with zero attached hydrogens (tertiary/aromatic N) is 2. The first-order valence-corrected chi connectivity index (χ1v) is 12.5. The summed E-state index contributed by atoms with van der Waals surface area (Å²) in [5, 5.41) is 7.64. The summed E-state index contributed by atoms with van der Waals surface area (Å²) in [5.41, 5.74) is -0.0127. The van der Waals surface area contributed by atoms with Gasteiger partial charge in [-0.2, -0.15) is 18.3 Å². The number of alkyl halides is 3. The molecule has 1 atom stereocenters. The van der Waals surface area contributed by atoms with Crippen LogP contribution in [0.4, 0.5) is 26.3 Å². The molecule has 39 heavy (non-hydrogen) atoms. The van der Waals surface area contributed by atoms with Crippen LogP contribution in [-0.4, -0.2) is 35.5 Å². The molecule has 6 rings (SSSR count). The fourth-order valence-electron chi connectivity index (χ4n) is 5.40. The van der Waals surface area contributed by atoms with Crippen LogP contribution in [0.5, 0.6) is 0 Å². The number of ether oxygens (including phenoxy) is 2. The number of piperidine rings is 1. The largest absolute Gasteiger partial charge is 0.418 e. The minimum Gasteiger partial charge on any atom is -0.335 e. The summed E-state index contributed by atoms with van der Waals surface area (Å²) in [6.07, 6.45) is -3.21. The van der Waals surface area contributed by atoms with Crippen LogP contribution in [0.15, 0.2) is 54.6 Å². The third-order valence-corrected chi connectivity index (χ3v) is 7.34. The van der Waals surface area contributed by atoms with Gasteiger partial charge in [0.25, 0.3) is 0 Å². The van der Waals surface area contributed by atoms with Crippen molar-refractivity contribution < 1.29 is 35.8 Å². The van der Waals surface area contributed by atoms with E-state index in [1.807, 2.05) is 12.1 Å². The zero-order valence-electron chi connectivity index (χ0n) is 20.5. The molecule has 204 valence electrons. The van der Waals surface area contributed by atoms with Crippen molar-refractivity contribution in [2.75, 3.05) is 19.8 Å². The van der Waals surface area contributed by atoms with Gasteiger partial charge in [0.15, 0.2) is 0 Å². The van der Waals surface area contributed by atoms with E-state index in [9.17, 15) is 26.3 Å². The Balaban J connectivity index is 1.39. The van der Waals surface area contributed by atoms with Gasteiger partial charge in [-0.3, -0.25) is 10.00 Å². The zero-order valence-corrected chi connectivity index (χ0v) is 20.5. The molecule has 2 saturated heterocycles. The second kappa shape index (κ2) is 9.65. The summed E-state index contributed by atoms with van der Waals surface area (Å²) in [7, 11) is 0. The van der Waals surface area contributed by atoms with E-state index in [2.05, 4.69) is 10.4 Å². The lowest BCUT2D eigenvalue weighted by atomic mass is 9.89. The maximum Gasteiger partial charge on any atom is 0.418 e. The molecule has 1 unspecified atom stereocenters. The SMILES string of the molecule is Fc1cc(F)c(Cn2nc3c(C(F)(F)F)cccc3c2-c2ccc(C3CCC4(NC3)OCCO4)cc2)c(F)c1. The van der Waals surface area contributed by atoms with Gasteiger partial charge in [-0.05, 0) is 24.0 Å². The highest BCUT2D eigenvalue weighted by Gasteiger charge is 2.40. The summed E-state index contributed by atoms with van der Waals surface area (Å²) in [6.45, 7) is 1.17. The van der Waals surface area contributed by atoms with Crippen molar-refractivity contribution in [1.82, 2.24) is 15.1 Å². The number of hydrogen-bond donors (Lipinski definition) is 1. The summed E-state index contributed by atoms with van der Waals surface area (Å²) in [5.74, 6) is -3.96. The maximum absolute atomic E-state index is 14.5. The molecule has 4 aromatic rings. The van der Waals surface area contributed by atoms with E-state index in [-0.39, 0.29) is 22.5 Å². The molecule has 0 aliphatic carbocycles. The van der Waals surface area contributed by atoms with Crippen molar-refractivity contribution in [3.8, 4) is 11.3 Å². The van der Waals surface area contributed by atoms with Crippen LogP contribution in [0.2, 0.25) is 0 Å². The molecule has 2 aliphatic rings. The lowest BCUT2D eigenvalue weighted by Crippen LogP contribution is -2.51. The van der Waals surface area contributed by atoms with Gasteiger partial charge < -0.3 is 9.47 Å². The van der Waals surface area contributed by atoms with Gasteiger partial charge in [-0.15, -0.1) is 0 Å². The maximum atomic E-state index is 14.5. The van der Waals surface area contributed by atoms with Crippen LogP contribution >= 0.6 is 0 Å². The highest BCUT2D eigenvalue weighted by Crippen LogP contribution is 2.39. The molecular weight excluding hydrogens is 524 g/mol. The van der Waals surface area contributed by atoms with Crippen LogP contribution in [0.3, 0.4) is 0 Å². The molecule has 1 spiro atoms. The van der Waals surface area contributed by atoms with Crippen molar-refractivity contribution >= 4 is 10.9 Å². The van der Waals surface area contributed by atoms with Crippen molar-refractivity contribution in [2.45, 2.75) is 37.4 Å². The number of halogens is 6. The fraction of sp³-hybridized carbons (Fsp3) is 0.321. The molecule has 1 N–H and O–H groups in total. The highest BCUT2D eigenvalue weighted by molar-refractivity contribution is 5.95. The van der Waals surface area contributed by atoms with Crippen LogP contribution in [0.25, 0.3) is 22.2 Å². The summed E-state index contributed by atoms with van der Waals surface area (Å²) in [6, 6.07) is 12.0. The van der Waals surface area contributed by atoms with E-state index in [1.54, 1.807) is 12.1 Å². The van der Waals surface area contributed by atoms with Crippen molar-refractivity contribution in [3.05, 3.63) is 88.7 Å². The standard InChI is InChI=1S/C28H23F6N3O2/c29-19-12-23(30)21(24(31)13-19)15-37-26(20-2-1-3-22(25(20)36-37)28(32,33)34)17-6-4-16(5-7-17)18-8-9-27(35-14-18)38-10-11-39-27/h1-7,12-13,18,35H,8-11,14-15H2. The number of benzene rings is 3.